The molecule has 0 saturated carbocycles. The van der Waals surface area contributed by atoms with Crippen molar-refractivity contribution in [3.63, 3.8) is 0 Å². The van der Waals surface area contributed by atoms with Crippen LogP contribution in [0.1, 0.15) is 0 Å². The van der Waals surface area contributed by atoms with Crippen molar-refractivity contribution in [3.05, 3.63) is 82.8 Å². The molecule has 0 fully saturated rings. The average molecular weight is 351 g/mol. The predicted molar refractivity (Wildman–Crippen MR) is 102 cm³/mol. The second kappa shape index (κ2) is 6.23. The molecule has 0 aliphatic rings. The zero-order valence-corrected chi connectivity index (χ0v) is 14.1. The first-order valence-electron chi connectivity index (χ1n) is 7.50. The fourth-order valence-corrected chi connectivity index (χ4v) is 3.17. The van der Waals surface area contributed by atoms with Crippen LogP contribution in [0.5, 0.6) is 0 Å². The SMILES string of the molecule is Clc1cc2ccccc2c(N=Nc2cccc3ccccc23)c1Cl. The highest BCUT2D eigenvalue weighted by atomic mass is 35.5. The van der Waals surface area contributed by atoms with E-state index < -0.39 is 0 Å². The second-order valence-corrected chi connectivity index (χ2v) is 6.23. The van der Waals surface area contributed by atoms with E-state index in [0.717, 1.165) is 27.2 Å². The zero-order chi connectivity index (χ0) is 16.5. The number of nitrogens with zero attached hydrogens (tertiary/aromatic N) is 2. The van der Waals surface area contributed by atoms with Gasteiger partial charge < -0.3 is 0 Å². The predicted octanol–water partition coefficient (Wildman–Crippen LogP) is 7.72. The van der Waals surface area contributed by atoms with E-state index in [1.165, 1.54) is 0 Å². The molecule has 0 atom stereocenters. The van der Waals surface area contributed by atoms with Crippen LogP contribution in [0.3, 0.4) is 0 Å². The van der Waals surface area contributed by atoms with Crippen LogP contribution in [0, 0.1) is 0 Å². The largest absolute Gasteiger partial charge is 0.150 e. The standard InChI is InChI=1S/C20H12Cl2N2/c21-17-12-14-7-2-4-10-16(14)20(19(17)22)24-23-18-11-5-8-13-6-1-3-9-15(13)18/h1-12H. The van der Waals surface area contributed by atoms with Gasteiger partial charge in [-0.3, -0.25) is 0 Å². The van der Waals surface area contributed by atoms with Gasteiger partial charge in [-0.25, -0.2) is 0 Å². The maximum Gasteiger partial charge on any atom is 0.114 e. The molecule has 24 heavy (non-hydrogen) atoms. The summed E-state index contributed by atoms with van der Waals surface area (Å²) in [5, 5.41) is 13.8. The highest BCUT2D eigenvalue weighted by molar-refractivity contribution is 6.45. The lowest BCUT2D eigenvalue weighted by Gasteiger charge is -2.06. The normalized spacial score (nSPS) is 11.6. The molecular formula is C20H12Cl2N2. The Kier molecular flexibility index (Phi) is 3.93. The van der Waals surface area contributed by atoms with Gasteiger partial charge in [0.1, 0.15) is 5.69 Å². The minimum atomic E-state index is 0.416. The summed E-state index contributed by atoms with van der Waals surface area (Å²) >= 11 is 12.6. The van der Waals surface area contributed by atoms with E-state index in [1.807, 2.05) is 60.7 Å². The summed E-state index contributed by atoms with van der Waals surface area (Å²) in [6.45, 7) is 0. The van der Waals surface area contributed by atoms with E-state index in [4.69, 9.17) is 23.2 Å². The molecule has 0 unspecified atom stereocenters. The van der Waals surface area contributed by atoms with Gasteiger partial charge in [-0.1, -0.05) is 83.9 Å². The molecule has 4 rings (SSSR count). The molecule has 4 aromatic rings. The Labute approximate surface area is 149 Å². The van der Waals surface area contributed by atoms with Crippen molar-refractivity contribution < 1.29 is 0 Å². The van der Waals surface area contributed by atoms with Crippen molar-refractivity contribution in [3.8, 4) is 0 Å². The number of fused-ring (bicyclic) bond motifs is 2. The molecule has 0 radical (unpaired) electrons. The van der Waals surface area contributed by atoms with Crippen molar-refractivity contribution in [1.29, 1.82) is 0 Å². The Morgan fingerprint density at radius 2 is 1.29 bits per heavy atom. The van der Waals surface area contributed by atoms with Gasteiger partial charge in [-0.2, -0.15) is 0 Å². The summed E-state index contributed by atoms with van der Waals surface area (Å²) in [6, 6.07) is 23.7. The first kappa shape index (κ1) is 15.1. The lowest BCUT2D eigenvalue weighted by molar-refractivity contribution is 1.25. The fourth-order valence-electron chi connectivity index (χ4n) is 2.77. The lowest BCUT2D eigenvalue weighted by Crippen LogP contribution is -1.78. The van der Waals surface area contributed by atoms with Crippen molar-refractivity contribution in [2.24, 2.45) is 10.2 Å². The number of azo groups is 1. The molecule has 0 spiro atoms. The van der Waals surface area contributed by atoms with Crippen LogP contribution in [-0.2, 0) is 0 Å². The van der Waals surface area contributed by atoms with Crippen molar-refractivity contribution in [2.45, 2.75) is 0 Å². The van der Waals surface area contributed by atoms with Gasteiger partial charge in [-0.15, -0.1) is 10.2 Å². The van der Waals surface area contributed by atoms with Crippen LogP contribution in [0.25, 0.3) is 21.5 Å². The molecule has 116 valence electrons. The number of rotatable bonds is 2. The van der Waals surface area contributed by atoms with Crippen LogP contribution < -0.4 is 0 Å². The third kappa shape index (κ3) is 2.64. The molecule has 0 aromatic heterocycles. The lowest BCUT2D eigenvalue weighted by atomic mass is 10.1. The first-order valence-corrected chi connectivity index (χ1v) is 8.26. The number of halogens is 2. The van der Waals surface area contributed by atoms with Gasteiger partial charge in [0.15, 0.2) is 0 Å². The Balaban J connectivity index is 1.90. The fraction of sp³-hybridized carbons (Fsp3) is 0. The van der Waals surface area contributed by atoms with Gasteiger partial charge in [-0.05, 0) is 22.9 Å². The maximum absolute atomic E-state index is 6.37. The zero-order valence-electron chi connectivity index (χ0n) is 12.6. The summed E-state index contributed by atoms with van der Waals surface area (Å²) in [4.78, 5) is 0. The maximum atomic E-state index is 6.37. The van der Waals surface area contributed by atoms with E-state index in [9.17, 15) is 0 Å². The molecule has 0 bridgehead atoms. The molecular weight excluding hydrogens is 339 g/mol. The molecule has 0 saturated heterocycles. The Bertz CT molecular complexity index is 1080. The van der Waals surface area contributed by atoms with Gasteiger partial charge in [0.2, 0.25) is 0 Å². The van der Waals surface area contributed by atoms with Gasteiger partial charge >= 0.3 is 0 Å². The topological polar surface area (TPSA) is 24.7 Å². The Hall–Kier alpha value is -2.42. The van der Waals surface area contributed by atoms with Gasteiger partial charge in [0, 0.05) is 10.8 Å². The van der Waals surface area contributed by atoms with Crippen LogP contribution >= 0.6 is 23.2 Å². The van der Waals surface area contributed by atoms with E-state index in [-0.39, 0.29) is 0 Å². The van der Waals surface area contributed by atoms with E-state index in [1.54, 1.807) is 0 Å². The third-order valence-electron chi connectivity index (χ3n) is 3.94. The molecule has 0 N–H and O–H groups in total. The number of hydrogen-bond donors (Lipinski definition) is 0. The molecule has 0 aliphatic carbocycles. The van der Waals surface area contributed by atoms with Gasteiger partial charge in [0.25, 0.3) is 0 Å². The van der Waals surface area contributed by atoms with Gasteiger partial charge in [0.05, 0.1) is 15.7 Å². The molecule has 4 heteroatoms. The molecule has 2 nitrogen and oxygen atoms in total. The average Bonchev–Trinajstić information content (AvgIpc) is 2.62. The van der Waals surface area contributed by atoms with Crippen molar-refractivity contribution >= 4 is 56.1 Å². The third-order valence-corrected chi connectivity index (χ3v) is 4.72. The first-order chi connectivity index (χ1) is 11.7. The van der Waals surface area contributed by atoms with Crippen LogP contribution in [-0.4, -0.2) is 0 Å². The minimum Gasteiger partial charge on any atom is -0.150 e. The summed E-state index contributed by atoms with van der Waals surface area (Å²) in [5.41, 5.74) is 1.39. The number of benzene rings is 4. The van der Waals surface area contributed by atoms with Crippen LogP contribution in [0.15, 0.2) is 83.0 Å². The summed E-state index contributed by atoms with van der Waals surface area (Å²) < 4.78 is 0. The van der Waals surface area contributed by atoms with Crippen LogP contribution in [0.4, 0.5) is 11.4 Å². The highest BCUT2D eigenvalue weighted by Crippen LogP contribution is 2.40. The molecule has 0 aliphatic heterocycles. The quantitative estimate of drug-likeness (QED) is 0.330. The smallest absolute Gasteiger partial charge is 0.114 e. The van der Waals surface area contributed by atoms with E-state index in [2.05, 4.69) is 22.4 Å². The minimum absolute atomic E-state index is 0.416. The number of hydrogen-bond acceptors (Lipinski definition) is 2. The Morgan fingerprint density at radius 3 is 2.12 bits per heavy atom. The monoisotopic (exact) mass is 350 g/mol. The molecule has 0 heterocycles. The Morgan fingerprint density at radius 1 is 0.625 bits per heavy atom. The van der Waals surface area contributed by atoms with E-state index >= 15 is 0 Å². The van der Waals surface area contributed by atoms with E-state index in [0.29, 0.717) is 15.7 Å². The van der Waals surface area contributed by atoms with Crippen molar-refractivity contribution in [2.75, 3.05) is 0 Å². The molecule has 0 amide bonds. The van der Waals surface area contributed by atoms with Crippen molar-refractivity contribution in [1.82, 2.24) is 0 Å². The molecule has 4 aromatic carbocycles. The summed E-state index contributed by atoms with van der Waals surface area (Å²) in [5.74, 6) is 0. The summed E-state index contributed by atoms with van der Waals surface area (Å²) in [6.07, 6.45) is 0. The summed E-state index contributed by atoms with van der Waals surface area (Å²) in [7, 11) is 0. The second-order valence-electron chi connectivity index (χ2n) is 5.44. The van der Waals surface area contributed by atoms with Crippen LogP contribution in [0.2, 0.25) is 10.0 Å². The highest BCUT2D eigenvalue weighted by Gasteiger charge is 2.10.